The van der Waals surface area contributed by atoms with Gasteiger partial charge >= 0.3 is 0 Å². The summed E-state index contributed by atoms with van der Waals surface area (Å²) in [5.74, 6) is -0.977. The molecule has 3 rings (SSSR count). The van der Waals surface area contributed by atoms with Crippen LogP contribution in [0.4, 0.5) is 14.5 Å². The smallest absolute Gasteiger partial charge is 0.159 e. The number of halogens is 2. The predicted octanol–water partition coefficient (Wildman–Crippen LogP) is 4.92. The van der Waals surface area contributed by atoms with Crippen LogP contribution in [0.25, 0.3) is 22.5 Å². The normalized spacial score (nSPS) is 10.7. The Labute approximate surface area is 144 Å². The van der Waals surface area contributed by atoms with E-state index in [9.17, 15) is 8.78 Å². The Morgan fingerprint density at radius 2 is 1.88 bits per heavy atom. The molecule has 2 N–H and O–H groups in total. The van der Waals surface area contributed by atoms with E-state index in [1.165, 1.54) is 6.07 Å². The number of hydrogen-bond donors (Lipinski definition) is 2. The van der Waals surface area contributed by atoms with Crippen LogP contribution in [-0.2, 0) is 6.42 Å². The van der Waals surface area contributed by atoms with Crippen molar-refractivity contribution in [3.63, 3.8) is 0 Å². The van der Waals surface area contributed by atoms with Gasteiger partial charge in [0, 0.05) is 24.3 Å². The molecule has 0 aliphatic carbocycles. The maximum atomic E-state index is 13.7. The van der Waals surface area contributed by atoms with Gasteiger partial charge < -0.3 is 4.98 Å². The van der Waals surface area contributed by atoms with Crippen LogP contribution in [0.3, 0.4) is 0 Å². The SMILES string of the molecule is C=NNc1ccc(-c2nc(CC)[nH]c2-c2ccc(F)c(F)c2)cc1C. The van der Waals surface area contributed by atoms with Gasteiger partial charge in [-0.3, -0.25) is 5.43 Å². The van der Waals surface area contributed by atoms with Crippen molar-refractivity contribution in [2.45, 2.75) is 20.3 Å². The molecule has 6 heteroatoms. The van der Waals surface area contributed by atoms with Crippen molar-refractivity contribution >= 4 is 12.4 Å². The van der Waals surface area contributed by atoms with Gasteiger partial charge in [-0.05, 0) is 42.8 Å². The van der Waals surface area contributed by atoms with Gasteiger partial charge in [-0.2, -0.15) is 5.10 Å². The molecule has 0 amide bonds. The first-order valence-corrected chi connectivity index (χ1v) is 7.90. The molecule has 2 aromatic carbocycles. The van der Waals surface area contributed by atoms with E-state index in [0.717, 1.165) is 28.7 Å². The molecule has 0 radical (unpaired) electrons. The Morgan fingerprint density at radius 3 is 2.52 bits per heavy atom. The third-order valence-electron chi connectivity index (χ3n) is 4.00. The zero-order valence-electron chi connectivity index (χ0n) is 14.0. The van der Waals surface area contributed by atoms with E-state index in [-0.39, 0.29) is 0 Å². The molecule has 1 aromatic heterocycles. The molecule has 0 atom stereocenters. The summed E-state index contributed by atoms with van der Waals surface area (Å²) in [6.07, 6.45) is 0.704. The summed E-state index contributed by atoms with van der Waals surface area (Å²) in [5.41, 5.74) is 7.44. The molecule has 0 saturated carbocycles. The molecule has 0 saturated heterocycles. The van der Waals surface area contributed by atoms with Crippen LogP contribution in [0.2, 0.25) is 0 Å². The van der Waals surface area contributed by atoms with Crippen molar-refractivity contribution < 1.29 is 8.78 Å². The van der Waals surface area contributed by atoms with Gasteiger partial charge in [0.05, 0.1) is 17.1 Å². The molecule has 25 heavy (non-hydrogen) atoms. The molecular formula is C19H18F2N4. The Kier molecular flexibility index (Phi) is 4.61. The third-order valence-corrected chi connectivity index (χ3v) is 4.00. The van der Waals surface area contributed by atoms with E-state index in [1.807, 2.05) is 32.0 Å². The van der Waals surface area contributed by atoms with Crippen LogP contribution in [0, 0.1) is 18.6 Å². The summed E-state index contributed by atoms with van der Waals surface area (Å²) in [6.45, 7) is 7.34. The average molecular weight is 340 g/mol. The number of hydrogen-bond acceptors (Lipinski definition) is 3. The lowest BCUT2D eigenvalue weighted by Gasteiger charge is -2.08. The number of nitrogens with zero attached hydrogens (tertiary/aromatic N) is 2. The Morgan fingerprint density at radius 1 is 1.12 bits per heavy atom. The highest BCUT2D eigenvalue weighted by molar-refractivity contribution is 5.80. The van der Waals surface area contributed by atoms with E-state index >= 15 is 0 Å². The van der Waals surface area contributed by atoms with Crippen molar-refractivity contribution in [2.24, 2.45) is 5.10 Å². The number of hydrazone groups is 1. The Bertz CT molecular complexity index is 931. The second kappa shape index (κ2) is 6.84. The minimum atomic E-state index is -0.885. The van der Waals surface area contributed by atoms with Gasteiger partial charge in [-0.1, -0.05) is 13.0 Å². The summed E-state index contributed by atoms with van der Waals surface area (Å²) in [4.78, 5) is 7.82. The molecule has 0 bridgehead atoms. The van der Waals surface area contributed by atoms with Crippen LogP contribution in [0.5, 0.6) is 0 Å². The summed E-state index contributed by atoms with van der Waals surface area (Å²) in [7, 11) is 0. The van der Waals surface area contributed by atoms with Gasteiger partial charge in [0.15, 0.2) is 11.6 Å². The van der Waals surface area contributed by atoms with Gasteiger partial charge in [0.2, 0.25) is 0 Å². The van der Waals surface area contributed by atoms with Crippen LogP contribution >= 0.6 is 0 Å². The molecule has 128 valence electrons. The first-order valence-electron chi connectivity index (χ1n) is 7.90. The fraction of sp³-hybridized carbons (Fsp3) is 0.158. The zero-order valence-corrected chi connectivity index (χ0v) is 14.0. The third kappa shape index (κ3) is 3.28. The van der Waals surface area contributed by atoms with Gasteiger partial charge in [0.1, 0.15) is 5.82 Å². The molecule has 1 heterocycles. The number of aromatic amines is 1. The Hall–Kier alpha value is -3.02. The van der Waals surface area contributed by atoms with E-state index in [1.54, 1.807) is 6.07 Å². The van der Waals surface area contributed by atoms with Crippen molar-refractivity contribution in [3.8, 4) is 22.5 Å². The lowest BCUT2D eigenvalue weighted by Crippen LogP contribution is -1.92. The van der Waals surface area contributed by atoms with E-state index in [2.05, 4.69) is 27.2 Å². The first-order chi connectivity index (χ1) is 12.0. The minimum Gasteiger partial charge on any atom is -0.341 e. The number of benzene rings is 2. The average Bonchev–Trinajstić information content (AvgIpc) is 3.04. The number of rotatable bonds is 5. The molecule has 0 spiro atoms. The fourth-order valence-electron chi connectivity index (χ4n) is 2.68. The molecule has 3 aromatic rings. The number of aromatic nitrogens is 2. The highest BCUT2D eigenvalue weighted by atomic mass is 19.2. The fourth-order valence-corrected chi connectivity index (χ4v) is 2.68. The van der Waals surface area contributed by atoms with E-state index in [0.29, 0.717) is 23.4 Å². The molecular weight excluding hydrogens is 322 g/mol. The van der Waals surface area contributed by atoms with E-state index < -0.39 is 11.6 Å². The van der Waals surface area contributed by atoms with Crippen LogP contribution in [-0.4, -0.2) is 16.7 Å². The van der Waals surface area contributed by atoms with Gasteiger partial charge in [-0.15, -0.1) is 0 Å². The molecule has 0 unspecified atom stereocenters. The minimum absolute atomic E-state index is 0.550. The van der Waals surface area contributed by atoms with Gasteiger partial charge in [0.25, 0.3) is 0 Å². The van der Waals surface area contributed by atoms with Crippen LogP contribution < -0.4 is 5.43 Å². The van der Waals surface area contributed by atoms with Crippen molar-refractivity contribution in [1.29, 1.82) is 0 Å². The summed E-state index contributed by atoms with van der Waals surface area (Å²) < 4.78 is 26.9. The number of H-pyrrole nitrogens is 1. The monoisotopic (exact) mass is 340 g/mol. The number of nitrogens with one attached hydrogen (secondary N) is 2. The predicted molar refractivity (Wildman–Crippen MR) is 96.7 cm³/mol. The van der Waals surface area contributed by atoms with Crippen molar-refractivity contribution in [1.82, 2.24) is 9.97 Å². The Balaban J connectivity index is 2.13. The molecule has 0 aliphatic rings. The zero-order chi connectivity index (χ0) is 18.0. The highest BCUT2D eigenvalue weighted by Crippen LogP contribution is 2.33. The summed E-state index contributed by atoms with van der Waals surface area (Å²) in [6, 6.07) is 9.59. The van der Waals surface area contributed by atoms with Gasteiger partial charge in [-0.25, -0.2) is 13.8 Å². The lowest BCUT2D eigenvalue weighted by atomic mass is 10.0. The number of anilines is 1. The maximum Gasteiger partial charge on any atom is 0.159 e. The standard InChI is InChI=1S/C19H18F2N4/c1-4-17-23-18(12-6-8-16(25-22-3)11(2)9-12)19(24-17)13-5-7-14(20)15(21)10-13/h5-10,25H,3-4H2,1-2H3,(H,23,24). The largest absolute Gasteiger partial charge is 0.341 e. The summed E-state index contributed by atoms with van der Waals surface area (Å²) in [5, 5.41) is 3.67. The number of aryl methyl sites for hydroxylation is 2. The van der Waals surface area contributed by atoms with E-state index in [4.69, 9.17) is 0 Å². The highest BCUT2D eigenvalue weighted by Gasteiger charge is 2.16. The topological polar surface area (TPSA) is 53.1 Å². The quantitative estimate of drug-likeness (QED) is 0.512. The van der Waals surface area contributed by atoms with Crippen molar-refractivity contribution in [3.05, 3.63) is 59.4 Å². The van der Waals surface area contributed by atoms with Crippen LogP contribution in [0.15, 0.2) is 41.5 Å². The van der Waals surface area contributed by atoms with Crippen molar-refractivity contribution in [2.75, 3.05) is 5.43 Å². The second-order valence-electron chi connectivity index (χ2n) is 5.69. The molecule has 0 aliphatic heterocycles. The molecule has 4 nitrogen and oxygen atoms in total. The second-order valence-corrected chi connectivity index (χ2v) is 5.69. The number of imidazole rings is 1. The maximum absolute atomic E-state index is 13.7. The lowest BCUT2D eigenvalue weighted by molar-refractivity contribution is 0.509. The first kappa shape index (κ1) is 16.8. The summed E-state index contributed by atoms with van der Waals surface area (Å²) >= 11 is 0. The van der Waals surface area contributed by atoms with Crippen LogP contribution in [0.1, 0.15) is 18.3 Å². The molecule has 0 fully saturated rings.